The van der Waals surface area contributed by atoms with Gasteiger partial charge in [0.15, 0.2) is 0 Å². The van der Waals surface area contributed by atoms with Crippen LogP contribution in [0.2, 0.25) is 0 Å². The number of carbonyl (C=O) groups excluding carboxylic acids is 1. The molecule has 0 saturated heterocycles. The predicted octanol–water partition coefficient (Wildman–Crippen LogP) is 1.43. The Hall–Kier alpha value is -0.610. The molecule has 0 bridgehead atoms. The van der Waals surface area contributed by atoms with Crippen LogP contribution in [0.3, 0.4) is 0 Å². The van der Waals surface area contributed by atoms with E-state index in [9.17, 15) is 9.90 Å². The first-order chi connectivity index (χ1) is 8.50. The maximum Gasteiger partial charge on any atom is 0.234 e. The lowest BCUT2D eigenvalue weighted by molar-refractivity contribution is -0.121. The van der Waals surface area contributed by atoms with E-state index >= 15 is 0 Å². The van der Waals surface area contributed by atoms with E-state index in [2.05, 4.69) is 24.5 Å². The summed E-state index contributed by atoms with van der Waals surface area (Å²) in [4.78, 5) is 11.7. The smallest absolute Gasteiger partial charge is 0.234 e. The number of hydrogen-bond acceptors (Lipinski definition) is 3. The molecule has 1 saturated carbocycles. The number of amides is 1. The first-order valence-corrected chi connectivity index (χ1v) is 7.21. The van der Waals surface area contributed by atoms with Crippen molar-refractivity contribution in [2.24, 2.45) is 5.92 Å². The normalized spacial score (nSPS) is 26.7. The number of nitrogens with one attached hydrogen (secondary N) is 2. The van der Waals surface area contributed by atoms with Crippen molar-refractivity contribution in [3.05, 3.63) is 0 Å². The van der Waals surface area contributed by atoms with E-state index in [1.54, 1.807) is 0 Å². The zero-order chi connectivity index (χ0) is 13.5. The molecule has 3 N–H and O–H groups in total. The SMILES string of the molecule is CC(C)C(C)NC(=O)CNC1CCCCCC1O. The van der Waals surface area contributed by atoms with Crippen LogP contribution in [0.4, 0.5) is 0 Å². The summed E-state index contributed by atoms with van der Waals surface area (Å²) in [5.41, 5.74) is 0. The maximum absolute atomic E-state index is 11.7. The molecule has 18 heavy (non-hydrogen) atoms. The van der Waals surface area contributed by atoms with Crippen LogP contribution in [0, 0.1) is 5.92 Å². The highest BCUT2D eigenvalue weighted by molar-refractivity contribution is 5.78. The molecule has 1 aliphatic carbocycles. The molecule has 0 heterocycles. The molecule has 1 amide bonds. The Balaban J connectivity index is 2.28. The zero-order valence-electron chi connectivity index (χ0n) is 11.9. The third-order valence-electron chi connectivity index (χ3n) is 3.89. The monoisotopic (exact) mass is 256 g/mol. The summed E-state index contributed by atoms with van der Waals surface area (Å²) in [6, 6.07) is 0.269. The van der Waals surface area contributed by atoms with Crippen molar-refractivity contribution in [3.8, 4) is 0 Å². The fourth-order valence-electron chi connectivity index (χ4n) is 2.22. The van der Waals surface area contributed by atoms with Crippen LogP contribution in [0.1, 0.15) is 52.9 Å². The molecular formula is C14H28N2O2. The fourth-order valence-corrected chi connectivity index (χ4v) is 2.22. The zero-order valence-corrected chi connectivity index (χ0v) is 11.9. The second-order valence-corrected chi connectivity index (χ2v) is 5.79. The Labute approximate surface area is 111 Å². The predicted molar refractivity (Wildman–Crippen MR) is 73.3 cm³/mol. The lowest BCUT2D eigenvalue weighted by atomic mass is 10.1. The fraction of sp³-hybridized carbons (Fsp3) is 0.929. The van der Waals surface area contributed by atoms with E-state index in [1.807, 2.05) is 6.92 Å². The molecule has 0 aromatic heterocycles. The first kappa shape index (κ1) is 15.4. The van der Waals surface area contributed by atoms with Gasteiger partial charge in [-0.05, 0) is 25.7 Å². The second-order valence-electron chi connectivity index (χ2n) is 5.79. The highest BCUT2D eigenvalue weighted by Gasteiger charge is 2.22. The largest absolute Gasteiger partial charge is 0.392 e. The molecule has 0 aliphatic heterocycles. The van der Waals surface area contributed by atoms with Gasteiger partial charge < -0.3 is 15.7 Å². The van der Waals surface area contributed by atoms with E-state index in [-0.39, 0.29) is 24.1 Å². The minimum atomic E-state index is -0.303. The topological polar surface area (TPSA) is 61.4 Å². The van der Waals surface area contributed by atoms with Crippen molar-refractivity contribution >= 4 is 5.91 Å². The van der Waals surface area contributed by atoms with Gasteiger partial charge in [0.2, 0.25) is 5.91 Å². The number of aliphatic hydroxyl groups is 1. The highest BCUT2D eigenvalue weighted by atomic mass is 16.3. The quantitative estimate of drug-likeness (QED) is 0.652. The molecule has 106 valence electrons. The molecule has 1 rings (SSSR count). The van der Waals surface area contributed by atoms with Gasteiger partial charge in [-0.3, -0.25) is 4.79 Å². The van der Waals surface area contributed by atoms with Crippen molar-refractivity contribution in [3.63, 3.8) is 0 Å². The van der Waals surface area contributed by atoms with Gasteiger partial charge in [-0.15, -0.1) is 0 Å². The average Bonchev–Trinajstić information content (AvgIpc) is 2.51. The summed E-state index contributed by atoms with van der Waals surface area (Å²) in [6.07, 6.45) is 4.93. The lowest BCUT2D eigenvalue weighted by Gasteiger charge is -2.23. The Bertz CT molecular complexity index is 256. The number of hydrogen-bond donors (Lipinski definition) is 3. The van der Waals surface area contributed by atoms with Gasteiger partial charge in [0, 0.05) is 12.1 Å². The summed E-state index contributed by atoms with van der Waals surface area (Å²) in [6.45, 7) is 6.50. The Kier molecular flexibility index (Phi) is 6.65. The van der Waals surface area contributed by atoms with Crippen molar-refractivity contribution < 1.29 is 9.90 Å². The van der Waals surface area contributed by atoms with Crippen LogP contribution in [0.5, 0.6) is 0 Å². The molecule has 0 aromatic carbocycles. The Morgan fingerprint density at radius 1 is 1.22 bits per heavy atom. The second kappa shape index (κ2) is 7.74. The molecule has 1 aliphatic rings. The summed E-state index contributed by atoms with van der Waals surface area (Å²) in [7, 11) is 0. The van der Waals surface area contributed by atoms with Gasteiger partial charge in [-0.1, -0.05) is 33.1 Å². The van der Waals surface area contributed by atoms with Gasteiger partial charge in [0.25, 0.3) is 0 Å². The van der Waals surface area contributed by atoms with Crippen molar-refractivity contribution in [1.82, 2.24) is 10.6 Å². The van der Waals surface area contributed by atoms with E-state index in [0.717, 1.165) is 25.7 Å². The van der Waals surface area contributed by atoms with E-state index in [0.29, 0.717) is 12.5 Å². The van der Waals surface area contributed by atoms with Gasteiger partial charge >= 0.3 is 0 Å². The molecule has 0 spiro atoms. The number of aliphatic hydroxyl groups excluding tert-OH is 1. The van der Waals surface area contributed by atoms with Gasteiger partial charge in [-0.25, -0.2) is 0 Å². The van der Waals surface area contributed by atoms with Crippen LogP contribution in [0.15, 0.2) is 0 Å². The van der Waals surface area contributed by atoms with Crippen molar-refractivity contribution in [2.45, 2.75) is 71.1 Å². The van der Waals surface area contributed by atoms with Crippen LogP contribution in [0.25, 0.3) is 0 Å². The summed E-state index contributed by atoms with van der Waals surface area (Å²) >= 11 is 0. The molecule has 3 unspecified atom stereocenters. The third kappa shape index (κ3) is 5.36. The molecule has 3 atom stereocenters. The van der Waals surface area contributed by atoms with Gasteiger partial charge in [0.05, 0.1) is 12.6 Å². The van der Waals surface area contributed by atoms with Crippen LogP contribution >= 0.6 is 0 Å². The average molecular weight is 256 g/mol. The van der Waals surface area contributed by atoms with Crippen LogP contribution in [-0.2, 0) is 4.79 Å². The van der Waals surface area contributed by atoms with E-state index in [1.165, 1.54) is 6.42 Å². The Morgan fingerprint density at radius 3 is 2.56 bits per heavy atom. The first-order valence-electron chi connectivity index (χ1n) is 7.21. The molecule has 4 heteroatoms. The standard InChI is InChI=1S/C14H28N2O2/c1-10(2)11(3)16-14(18)9-15-12-7-5-4-6-8-13(12)17/h10-13,15,17H,4-9H2,1-3H3,(H,16,18). The summed E-state index contributed by atoms with van der Waals surface area (Å²) in [5, 5.41) is 16.1. The molecule has 4 nitrogen and oxygen atoms in total. The van der Waals surface area contributed by atoms with Crippen LogP contribution < -0.4 is 10.6 Å². The lowest BCUT2D eigenvalue weighted by Crippen LogP contribution is -2.47. The summed E-state index contributed by atoms with van der Waals surface area (Å²) < 4.78 is 0. The van der Waals surface area contributed by atoms with Crippen molar-refractivity contribution in [1.29, 1.82) is 0 Å². The minimum absolute atomic E-state index is 0.0210. The Morgan fingerprint density at radius 2 is 1.89 bits per heavy atom. The molecule has 0 radical (unpaired) electrons. The highest BCUT2D eigenvalue weighted by Crippen LogP contribution is 2.17. The minimum Gasteiger partial charge on any atom is -0.392 e. The molecular weight excluding hydrogens is 228 g/mol. The van der Waals surface area contributed by atoms with Gasteiger partial charge in [-0.2, -0.15) is 0 Å². The van der Waals surface area contributed by atoms with E-state index in [4.69, 9.17) is 0 Å². The van der Waals surface area contributed by atoms with Gasteiger partial charge in [0.1, 0.15) is 0 Å². The molecule has 0 aromatic rings. The number of carbonyl (C=O) groups is 1. The maximum atomic E-state index is 11.7. The van der Waals surface area contributed by atoms with E-state index < -0.39 is 0 Å². The van der Waals surface area contributed by atoms with Crippen molar-refractivity contribution in [2.75, 3.05) is 6.54 Å². The summed E-state index contributed by atoms with van der Waals surface area (Å²) in [5.74, 6) is 0.463. The third-order valence-corrected chi connectivity index (χ3v) is 3.89. The van der Waals surface area contributed by atoms with Crippen LogP contribution in [-0.4, -0.2) is 35.7 Å². The number of rotatable bonds is 5. The molecule has 1 fully saturated rings.